The predicted molar refractivity (Wildman–Crippen MR) is 274 cm³/mol. The zero-order chi connectivity index (χ0) is 55.5. The minimum atomic E-state index is -1.75. The summed E-state index contributed by atoms with van der Waals surface area (Å²) < 4.78 is 0. The number of hydrogen-bond acceptors (Lipinski definition) is 18. The van der Waals surface area contributed by atoms with Crippen LogP contribution in [0.3, 0.4) is 0 Å². The smallest absolute Gasteiger partial charge is 0.305 e. The maximum Gasteiger partial charge on any atom is 0.305 e. The van der Waals surface area contributed by atoms with Crippen LogP contribution in [0.15, 0.2) is 48.5 Å². The van der Waals surface area contributed by atoms with Gasteiger partial charge in [-0.1, -0.05) is 59.7 Å². The van der Waals surface area contributed by atoms with Crippen LogP contribution in [0, 0.1) is 5.92 Å². The summed E-state index contributed by atoms with van der Waals surface area (Å²) in [5.41, 5.74) is 7.18. The molecule has 2 aromatic carbocycles. The van der Waals surface area contributed by atoms with Gasteiger partial charge in [-0.25, -0.2) is 0 Å². The predicted octanol–water partition coefficient (Wildman–Crippen LogP) is -2.98. The summed E-state index contributed by atoms with van der Waals surface area (Å²) in [6.07, 6.45) is -2.02. The van der Waals surface area contributed by atoms with Crippen LogP contribution >= 0.6 is 21.6 Å². The summed E-state index contributed by atoms with van der Waals surface area (Å²) in [5.74, 6) is -8.98. The highest BCUT2D eigenvalue weighted by atomic mass is 33.1. The van der Waals surface area contributed by atoms with Gasteiger partial charge in [-0.3, -0.25) is 48.5 Å². The average Bonchev–Trinajstić information content (AvgIpc) is 3.86. The molecule has 0 spiro atoms. The second kappa shape index (κ2) is 29.5. The van der Waals surface area contributed by atoms with Crippen molar-refractivity contribution in [3.05, 3.63) is 59.7 Å². The highest BCUT2D eigenvalue weighted by molar-refractivity contribution is 8.76. The topological polar surface area (TPSA) is 397 Å². The minimum absolute atomic E-state index is 0.0140. The number of carboxylic acids is 1. The first-order valence-electron chi connectivity index (χ1n) is 24.2. The molecule has 412 valence electrons. The maximum atomic E-state index is 14.2. The molecule has 0 radical (unpaired) electrons. The molecule has 11 atom stereocenters. The van der Waals surface area contributed by atoms with Crippen LogP contribution in [0.25, 0.3) is 0 Å². The van der Waals surface area contributed by atoms with E-state index in [1.54, 1.807) is 13.8 Å². The Morgan fingerprint density at radius 3 is 1.77 bits per heavy atom. The van der Waals surface area contributed by atoms with Gasteiger partial charge in [0.25, 0.3) is 0 Å². The van der Waals surface area contributed by atoms with Gasteiger partial charge in [-0.15, -0.1) is 0 Å². The molecule has 2 fully saturated rings. The fourth-order valence-corrected chi connectivity index (χ4v) is 10.2. The molecule has 27 heteroatoms. The molecule has 0 aromatic heterocycles. The number of hydrogen-bond donors (Lipinski definition) is 14. The van der Waals surface area contributed by atoms with Gasteiger partial charge in [0.15, 0.2) is 0 Å². The van der Waals surface area contributed by atoms with Crippen molar-refractivity contribution in [3.63, 3.8) is 0 Å². The maximum absolute atomic E-state index is 14.2. The molecular formula is C48H68N10O15S2. The summed E-state index contributed by atoms with van der Waals surface area (Å²) in [4.78, 5) is 136. The molecule has 2 saturated heterocycles. The van der Waals surface area contributed by atoms with Gasteiger partial charge in [-0.2, -0.15) is 0 Å². The average molecular weight is 1090 g/mol. The molecule has 2 aliphatic rings. The summed E-state index contributed by atoms with van der Waals surface area (Å²) in [5, 5.41) is 71.4. The number of phenolic OH excluding ortho intramolecular Hbond substituents is 2. The molecular weight excluding hydrogens is 1020 g/mol. The first kappa shape index (κ1) is 61.0. The van der Waals surface area contributed by atoms with Crippen LogP contribution in [0.1, 0.15) is 64.5 Å². The lowest BCUT2D eigenvalue weighted by atomic mass is 10.00. The normalized spacial score (nSPS) is 28.2. The van der Waals surface area contributed by atoms with Crippen molar-refractivity contribution in [1.82, 2.24) is 47.4 Å². The van der Waals surface area contributed by atoms with Crippen LogP contribution in [0.5, 0.6) is 11.5 Å². The SMILES string of the molecule is CC(C)C[C@@H]1NC(=O)[C@H](Cc2ccc(O)cc2)N[C@H](O)[C@@H](C)NC(=O)[C@H](CO)NC(=O)[C@H](Cc2ccc(O)cc2)NC(=O)[C@H](C)NC(=O)[C@@H]2CCCN2C(=O)[C@@H](N)CSSC[C@@H](C=O)NC(=O)[C@H](CC(=O)O)NC1=O. The van der Waals surface area contributed by atoms with Crippen LogP contribution in [0.4, 0.5) is 0 Å². The number of aldehydes is 1. The van der Waals surface area contributed by atoms with Gasteiger partial charge in [-0.05, 0) is 80.8 Å². The van der Waals surface area contributed by atoms with Crippen molar-refractivity contribution in [2.45, 2.75) is 133 Å². The number of carboxylic acid groups (broad SMARTS) is 1. The molecule has 0 saturated carbocycles. The van der Waals surface area contributed by atoms with Crippen molar-refractivity contribution in [2.75, 3.05) is 24.7 Å². The van der Waals surface area contributed by atoms with E-state index in [1.165, 1.54) is 67.3 Å². The minimum Gasteiger partial charge on any atom is -0.508 e. The van der Waals surface area contributed by atoms with Crippen molar-refractivity contribution in [3.8, 4) is 11.5 Å². The van der Waals surface area contributed by atoms with Gasteiger partial charge in [0.2, 0.25) is 47.3 Å². The number of nitrogens with zero attached hydrogens (tertiary/aromatic N) is 1. The Morgan fingerprint density at radius 1 is 0.693 bits per heavy atom. The van der Waals surface area contributed by atoms with Crippen LogP contribution < -0.4 is 48.3 Å². The zero-order valence-corrected chi connectivity index (χ0v) is 43.5. The zero-order valence-electron chi connectivity index (χ0n) is 41.9. The third-order valence-corrected chi connectivity index (χ3v) is 14.5. The Hall–Kier alpha value is -6.52. The number of aliphatic carboxylic acids is 1. The van der Waals surface area contributed by atoms with Crippen LogP contribution in [-0.4, -0.2) is 181 Å². The van der Waals surface area contributed by atoms with Gasteiger partial charge >= 0.3 is 5.97 Å². The Bertz CT molecular complexity index is 2330. The first-order chi connectivity index (χ1) is 35.5. The third-order valence-electron chi connectivity index (χ3n) is 12.1. The summed E-state index contributed by atoms with van der Waals surface area (Å²) in [6, 6.07) is -2.24. The molecule has 2 aliphatic heterocycles. The lowest BCUT2D eigenvalue weighted by molar-refractivity contribution is -0.141. The Labute approximate surface area is 440 Å². The second-order valence-electron chi connectivity index (χ2n) is 18.7. The summed E-state index contributed by atoms with van der Waals surface area (Å²) in [7, 11) is 2.13. The Morgan fingerprint density at radius 2 is 1.20 bits per heavy atom. The van der Waals surface area contributed by atoms with E-state index in [9.17, 15) is 73.5 Å². The number of nitrogens with one attached hydrogen (secondary N) is 8. The largest absolute Gasteiger partial charge is 0.508 e. The lowest BCUT2D eigenvalue weighted by Gasteiger charge is -2.30. The fourth-order valence-electron chi connectivity index (χ4n) is 7.92. The van der Waals surface area contributed by atoms with Gasteiger partial charge in [0.1, 0.15) is 60.3 Å². The van der Waals surface area contributed by atoms with E-state index in [0.29, 0.717) is 23.8 Å². The van der Waals surface area contributed by atoms with E-state index in [-0.39, 0.29) is 61.2 Å². The molecule has 2 heterocycles. The molecule has 0 unspecified atom stereocenters. The third kappa shape index (κ3) is 19.3. The number of aromatic hydroxyl groups is 2. The Balaban J connectivity index is 1.68. The molecule has 8 amide bonds. The van der Waals surface area contributed by atoms with Crippen molar-refractivity contribution < 1.29 is 73.5 Å². The molecule has 2 aromatic rings. The molecule has 25 nitrogen and oxygen atoms in total. The number of rotatable bonds is 10. The molecule has 15 N–H and O–H groups in total. The van der Waals surface area contributed by atoms with E-state index < -0.39 is 133 Å². The van der Waals surface area contributed by atoms with E-state index in [2.05, 4.69) is 42.5 Å². The molecule has 0 aliphatic carbocycles. The van der Waals surface area contributed by atoms with Crippen LogP contribution in [-0.2, 0) is 60.8 Å². The van der Waals surface area contributed by atoms with Crippen molar-refractivity contribution in [1.29, 1.82) is 0 Å². The quantitative estimate of drug-likeness (QED) is 0.0834. The fraction of sp³-hybridized carbons (Fsp3) is 0.542. The summed E-state index contributed by atoms with van der Waals surface area (Å²) in [6.45, 7) is 5.34. The first-order valence-corrected chi connectivity index (χ1v) is 26.7. The summed E-state index contributed by atoms with van der Waals surface area (Å²) >= 11 is 0. The monoisotopic (exact) mass is 1090 g/mol. The van der Waals surface area contributed by atoms with Gasteiger partial charge in [0.05, 0.1) is 37.2 Å². The number of phenols is 2. The van der Waals surface area contributed by atoms with Gasteiger partial charge in [0, 0.05) is 24.5 Å². The van der Waals surface area contributed by atoms with E-state index >= 15 is 0 Å². The number of carbonyl (C=O) groups excluding carboxylic acids is 9. The number of amides is 8. The highest BCUT2D eigenvalue weighted by Crippen LogP contribution is 2.25. The van der Waals surface area contributed by atoms with Crippen LogP contribution in [0.2, 0.25) is 0 Å². The molecule has 75 heavy (non-hydrogen) atoms. The molecule has 4 rings (SSSR count). The molecule has 0 bridgehead atoms. The number of benzene rings is 2. The van der Waals surface area contributed by atoms with Crippen molar-refractivity contribution >= 4 is 81.1 Å². The number of aliphatic hydroxyl groups excluding tert-OH is 2. The number of nitrogens with two attached hydrogens (primary N) is 1. The number of fused-ring (bicyclic) bond motifs is 1. The van der Waals surface area contributed by atoms with E-state index in [0.717, 1.165) is 21.6 Å². The standard InChI is InChI=1S/C48H68N10O15S2/c1-24(2)16-33-43(68)56-36(19-39(63)64)42(67)52-29(20-59)22-74-75-23-32(49)48(73)58-15-5-6-38(58)47(72)51-26(4)41(66)54-35(18-28-9-13-31(62)14-10-28)45(70)57-37(21-60)46(71)50-25(3)40(65)53-34(44(69)55-33)17-27-7-11-30(61)12-8-27/h7-14,20,24-26,29,32-38,40,53,60-62,65H,5-6,15-19,21-23,49H2,1-4H3,(H,50,71)(H,51,72)(H,52,67)(H,54,66)(H,55,69)(H,56,68)(H,57,70)(H,63,64)/t25-,26+,29-,32+,33+,34+,35+,36+,37+,38+,40-/m1/s1. The number of carbonyl (C=O) groups is 10. The highest BCUT2D eigenvalue weighted by Gasteiger charge is 2.39. The van der Waals surface area contributed by atoms with E-state index in [4.69, 9.17) is 5.73 Å². The number of aliphatic hydroxyl groups is 2. The van der Waals surface area contributed by atoms with E-state index in [1.807, 2.05) is 0 Å². The Kier molecular flexibility index (Phi) is 24.0. The van der Waals surface area contributed by atoms with Crippen molar-refractivity contribution in [2.24, 2.45) is 11.7 Å². The lowest BCUT2D eigenvalue weighted by Crippen LogP contribution is -2.62. The second-order valence-corrected chi connectivity index (χ2v) is 21.3. The van der Waals surface area contributed by atoms with Gasteiger partial charge < -0.3 is 78.2 Å².